The molecule has 0 saturated carbocycles. The molecule has 4 rings (SSSR count). The van der Waals surface area contributed by atoms with Crippen molar-refractivity contribution in [3.05, 3.63) is 62.6 Å². The molecule has 1 aromatic carbocycles. The highest BCUT2D eigenvalue weighted by molar-refractivity contribution is 5.76. The van der Waals surface area contributed by atoms with Crippen molar-refractivity contribution in [2.75, 3.05) is 13.7 Å². The average molecular weight is 367 g/mol. The van der Waals surface area contributed by atoms with Crippen LogP contribution in [0.4, 0.5) is 0 Å². The lowest BCUT2D eigenvalue weighted by atomic mass is 10.2. The number of fused-ring (bicyclic) bond motifs is 3. The molecule has 0 aliphatic heterocycles. The first-order valence-electron chi connectivity index (χ1n) is 8.70. The number of imidazole rings is 2. The second-order valence-corrected chi connectivity index (χ2v) is 6.69. The van der Waals surface area contributed by atoms with Gasteiger partial charge in [0, 0.05) is 31.7 Å². The smallest absolute Gasteiger partial charge is 0.332 e. The highest BCUT2D eigenvalue weighted by Crippen LogP contribution is 2.21. The zero-order chi connectivity index (χ0) is 19.3. The van der Waals surface area contributed by atoms with Crippen molar-refractivity contribution >= 4 is 16.9 Å². The zero-order valence-corrected chi connectivity index (χ0v) is 15.8. The second kappa shape index (κ2) is 6.24. The molecule has 8 heteroatoms. The van der Waals surface area contributed by atoms with Gasteiger partial charge >= 0.3 is 5.69 Å². The normalized spacial score (nSPS) is 11.7. The molecule has 27 heavy (non-hydrogen) atoms. The summed E-state index contributed by atoms with van der Waals surface area (Å²) in [4.78, 5) is 30.2. The van der Waals surface area contributed by atoms with Crippen LogP contribution in [-0.4, -0.2) is 36.8 Å². The van der Waals surface area contributed by atoms with Gasteiger partial charge in [-0.25, -0.2) is 4.79 Å². The molecule has 140 valence electrons. The van der Waals surface area contributed by atoms with Crippen LogP contribution in [0.3, 0.4) is 0 Å². The van der Waals surface area contributed by atoms with Gasteiger partial charge in [-0.1, -0.05) is 17.7 Å². The molecule has 0 aliphatic carbocycles. The molecule has 0 spiro atoms. The third kappa shape index (κ3) is 2.52. The predicted molar refractivity (Wildman–Crippen MR) is 103 cm³/mol. The first kappa shape index (κ1) is 17.3. The average Bonchev–Trinajstić information content (AvgIpc) is 3.15. The Bertz CT molecular complexity index is 1270. The standard InChI is InChI=1S/C19H21N5O3/c1-12-5-7-14(8-6-12)24-13(2)11-23-15-16(20-18(23)24)21(3)19(26)22(17(15)25)9-10-27-4/h5-8,11H,9-10H2,1-4H3. The van der Waals surface area contributed by atoms with Crippen molar-refractivity contribution in [3.8, 4) is 5.69 Å². The Kier molecular flexibility index (Phi) is 4.00. The van der Waals surface area contributed by atoms with Gasteiger partial charge in [0.15, 0.2) is 11.2 Å². The Morgan fingerprint density at radius 3 is 2.48 bits per heavy atom. The van der Waals surface area contributed by atoms with E-state index in [-0.39, 0.29) is 18.7 Å². The number of ether oxygens (including phenoxy) is 1. The lowest BCUT2D eigenvalue weighted by Gasteiger charge is -2.07. The van der Waals surface area contributed by atoms with E-state index in [0.29, 0.717) is 16.9 Å². The third-order valence-corrected chi connectivity index (χ3v) is 4.84. The fourth-order valence-electron chi connectivity index (χ4n) is 3.40. The van der Waals surface area contributed by atoms with Gasteiger partial charge in [0.05, 0.1) is 13.2 Å². The van der Waals surface area contributed by atoms with Gasteiger partial charge in [-0.3, -0.25) is 22.9 Å². The molecule has 3 aromatic heterocycles. The van der Waals surface area contributed by atoms with Gasteiger partial charge in [-0.05, 0) is 26.0 Å². The molecule has 0 unspecified atom stereocenters. The monoisotopic (exact) mass is 367 g/mol. The van der Waals surface area contributed by atoms with Gasteiger partial charge in [0.25, 0.3) is 5.56 Å². The minimum absolute atomic E-state index is 0.197. The molecule has 0 amide bonds. The van der Waals surface area contributed by atoms with E-state index in [1.54, 1.807) is 11.4 Å². The van der Waals surface area contributed by atoms with E-state index >= 15 is 0 Å². The Balaban J connectivity index is 2.07. The van der Waals surface area contributed by atoms with Crippen molar-refractivity contribution < 1.29 is 4.74 Å². The van der Waals surface area contributed by atoms with Crippen molar-refractivity contribution in [2.24, 2.45) is 7.05 Å². The van der Waals surface area contributed by atoms with Gasteiger partial charge in [0.2, 0.25) is 5.78 Å². The van der Waals surface area contributed by atoms with E-state index in [1.165, 1.54) is 16.2 Å². The van der Waals surface area contributed by atoms with E-state index < -0.39 is 5.69 Å². The van der Waals surface area contributed by atoms with E-state index in [1.807, 2.05) is 48.9 Å². The maximum Gasteiger partial charge on any atom is 0.332 e. The fraction of sp³-hybridized carbons (Fsp3) is 0.316. The molecule has 0 bridgehead atoms. The van der Waals surface area contributed by atoms with Crippen LogP contribution in [0, 0.1) is 13.8 Å². The van der Waals surface area contributed by atoms with Crippen LogP contribution < -0.4 is 11.2 Å². The quantitative estimate of drug-likeness (QED) is 0.546. The molecule has 0 N–H and O–H groups in total. The van der Waals surface area contributed by atoms with Crippen LogP contribution >= 0.6 is 0 Å². The number of rotatable bonds is 4. The maximum atomic E-state index is 13.0. The van der Waals surface area contributed by atoms with Crippen LogP contribution in [0.15, 0.2) is 40.1 Å². The molecule has 0 radical (unpaired) electrons. The molecular formula is C19H21N5O3. The highest BCUT2D eigenvalue weighted by Gasteiger charge is 2.20. The minimum atomic E-state index is -0.399. The Labute approximate surface area is 154 Å². The first-order chi connectivity index (χ1) is 12.9. The van der Waals surface area contributed by atoms with E-state index in [2.05, 4.69) is 4.98 Å². The molecule has 0 atom stereocenters. The summed E-state index contributed by atoms with van der Waals surface area (Å²) in [6.07, 6.45) is 1.87. The van der Waals surface area contributed by atoms with E-state index in [9.17, 15) is 9.59 Å². The number of benzene rings is 1. The highest BCUT2D eigenvalue weighted by atomic mass is 16.5. The second-order valence-electron chi connectivity index (χ2n) is 6.69. The Hall–Kier alpha value is -3.13. The van der Waals surface area contributed by atoms with E-state index in [4.69, 9.17) is 4.74 Å². The molecule has 3 heterocycles. The van der Waals surface area contributed by atoms with Crippen LogP contribution in [0.5, 0.6) is 0 Å². The molecule has 0 aliphatic rings. The summed E-state index contributed by atoms with van der Waals surface area (Å²) in [6.45, 7) is 4.48. The summed E-state index contributed by atoms with van der Waals surface area (Å²) >= 11 is 0. The van der Waals surface area contributed by atoms with Crippen molar-refractivity contribution in [3.63, 3.8) is 0 Å². The predicted octanol–water partition coefficient (Wildman–Crippen LogP) is 1.40. The van der Waals surface area contributed by atoms with Gasteiger partial charge < -0.3 is 4.74 Å². The number of methoxy groups -OCH3 is 1. The number of aryl methyl sites for hydroxylation is 3. The van der Waals surface area contributed by atoms with Gasteiger partial charge in [-0.15, -0.1) is 0 Å². The lowest BCUT2D eigenvalue weighted by molar-refractivity contribution is 0.184. The number of hydrogen-bond acceptors (Lipinski definition) is 4. The largest absolute Gasteiger partial charge is 0.383 e. The van der Waals surface area contributed by atoms with Gasteiger partial charge in [-0.2, -0.15) is 4.98 Å². The molecular weight excluding hydrogens is 346 g/mol. The lowest BCUT2D eigenvalue weighted by Crippen LogP contribution is -2.40. The summed E-state index contributed by atoms with van der Waals surface area (Å²) in [7, 11) is 3.17. The van der Waals surface area contributed by atoms with Crippen LogP contribution in [-0.2, 0) is 18.3 Å². The van der Waals surface area contributed by atoms with Crippen molar-refractivity contribution in [1.82, 2.24) is 23.1 Å². The van der Waals surface area contributed by atoms with Crippen LogP contribution in [0.1, 0.15) is 11.3 Å². The molecule has 0 saturated heterocycles. The summed E-state index contributed by atoms with van der Waals surface area (Å²) in [6, 6.07) is 8.08. The number of nitrogens with zero attached hydrogens (tertiary/aromatic N) is 5. The summed E-state index contributed by atoms with van der Waals surface area (Å²) in [5.74, 6) is 0.600. The van der Waals surface area contributed by atoms with Crippen LogP contribution in [0.2, 0.25) is 0 Å². The summed E-state index contributed by atoms with van der Waals surface area (Å²) in [5.41, 5.74) is 3.05. The van der Waals surface area contributed by atoms with Crippen LogP contribution in [0.25, 0.3) is 22.6 Å². The fourth-order valence-corrected chi connectivity index (χ4v) is 3.40. The molecule has 0 fully saturated rings. The number of hydrogen-bond donors (Lipinski definition) is 0. The topological polar surface area (TPSA) is 75.5 Å². The SMILES string of the molecule is COCCn1c(=O)c2c(nc3n(-c4ccc(C)cc4)c(C)cn23)n(C)c1=O. The molecule has 4 aromatic rings. The number of aromatic nitrogens is 5. The summed E-state index contributed by atoms with van der Waals surface area (Å²) in [5, 5.41) is 0. The zero-order valence-electron chi connectivity index (χ0n) is 15.8. The van der Waals surface area contributed by atoms with E-state index in [0.717, 1.165) is 16.9 Å². The Morgan fingerprint density at radius 1 is 1.11 bits per heavy atom. The maximum absolute atomic E-state index is 13.0. The first-order valence-corrected chi connectivity index (χ1v) is 8.70. The summed E-state index contributed by atoms with van der Waals surface area (Å²) < 4.78 is 11.4. The minimum Gasteiger partial charge on any atom is -0.383 e. The van der Waals surface area contributed by atoms with Crippen molar-refractivity contribution in [1.29, 1.82) is 0 Å². The van der Waals surface area contributed by atoms with Crippen molar-refractivity contribution in [2.45, 2.75) is 20.4 Å². The third-order valence-electron chi connectivity index (χ3n) is 4.84. The molecule has 8 nitrogen and oxygen atoms in total. The van der Waals surface area contributed by atoms with Gasteiger partial charge in [0.1, 0.15) is 0 Å². The Morgan fingerprint density at radius 2 is 1.81 bits per heavy atom.